The molecule has 2 nitrogen and oxygen atoms in total. The van der Waals surface area contributed by atoms with Gasteiger partial charge >= 0.3 is 0 Å². The van der Waals surface area contributed by atoms with E-state index in [1.807, 2.05) is 13.0 Å². The van der Waals surface area contributed by atoms with E-state index in [9.17, 15) is 0 Å². The minimum atomic E-state index is 0.688. The fourth-order valence-electron chi connectivity index (χ4n) is 3.21. The average Bonchev–Trinajstić information content (AvgIpc) is 2.42. The quantitative estimate of drug-likeness (QED) is 0.655. The van der Waals surface area contributed by atoms with Crippen molar-refractivity contribution in [1.82, 2.24) is 5.32 Å². The Kier molecular flexibility index (Phi) is 7.03. The van der Waals surface area contributed by atoms with E-state index in [4.69, 9.17) is 4.74 Å². The zero-order valence-corrected chi connectivity index (χ0v) is 16.1. The van der Waals surface area contributed by atoms with Crippen molar-refractivity contribution in [3.63, 3.8) is 0 Å². The number of halogens is 2. The molecule has 1 aromatic carbocycles. The fraction of sp³-hybridized carbons (Fsp3) is 0.647. The van der Waals surface area contributed by atoms with Crippen LogP contribution in [0.3, 0.4) is 0 Å². The van der Waals surface area contributed by atoms with Crippen molar-refractivity contribution in [3.05, 3.63) is 26.6 Å². The molecule has 1 aliphatic rings. The lowest BCUT2D eigenvalue weighted by molar-refractivity contribution is 0.273. The van der Waals surface area contributed by atoms with Crippen LogP contribution in [0, 0.1) is 11.8 Å². The largest absolute Gasteiger partial charge is 0.492 e. The van der Waals surface area contributed by atoms with Crippen LogP contribution in [-0.2, 0) is 6.54 Å². The van der Waals surface area contributed by atoms with Gasteiger partial charge in [0.05, 0.1) is 11.1 Å². The van der Waals surface area contributed by atoms with Crippen molar-refractivity contribution in [1.29, 1.82) is 0 Å². The summed E-state index contributed by atoms with van der Waals surface area (Å²) in [5.41, 5.74) is 1.21. The van der Waals surface area contributed by atoms with Crippen molar-refractivity contribution < 1.29 is 4.74 Å². The van der Waals surface area contributed by atoms with Crippen molar-refractivity contribution in [2.75, 3.05) is 13.2 Å². The van der Waals surface area contributed by atoms with Gasteiger partial charge in [0.2, 0.25) is 0 Å². The molecule has 0 aromatic heterocycles. The first-order valence-corrected chi connectivity index (χ1v) is 9.50. The van der Waals surface area contributed by atoms with Crippen molar-refractivity contribution in [3.8, 4) is 5.75 Å². The van der Waals surface area contributed by atoms with Crippen molar-refractivity contribution in [2.45, 2.75) is 46.1 Å². The van der Waals surface area contributed by atoms with E-state index < -0.39 is 0 Å². The molecule has 4 heteroatoms. The molecule has 21 heavy (non-hydrogen) atoms. The van der Waals surface area contributed by atoms with Crippen LogP contribution in [0.2, 0.25) is 0 Å². The smallest absolute Gasteiger partial charge is 0.138 e. The Hall–Kier alpha value is -0.0600. The number of benzene rings is 1. The van der Waals surface area contributed by atoms with E-state index in [1.165, 1.54) is 31.2 Å². The molecule has 0 amide bonds. The van der Waals surface area contributed by atoms with E-state index in [2.05, 4.69) is 50.2 Å². The fourth-order valence-corrected chi connectivity index (χ4v) is 4.64. The van der Waals surface area contributed by atoms with Crippen LogP contribution in [-0.4, -0.2) is 13.2 Å². The molecule has 1 N–H and O–H groups in total. The SMILES string of the molecule is CCOc1c(Br)cc(Br)cc1CNCC1CCCC(C)C1. The Morgan fingerprint density at radius 3 is 2.81 bits per heavy atom. The van der Waals surface area contributed by atoms with Gasteiger partial charge in [0.1, 0.15) is 5.75 Å². The highest BCUT2D eigenvalue weighted by molar-refractivity contribution is 9.11. The van der Waals surface area contributed by atoms with Crippen LogP contribution in [0.25, 0.3) is 0 Å². The third-order valence-corrected chi connectivity index (χ3v) is 5.21. The van der Waals surface area contributed by atoms with Gasteiger partial charge in [-0.3, -0.25) is 0 Å². The van der Waals surface area contributed by atoms with Gasteiger partial charge in [0, 0.05) is 16.6 Å². The lowest BCUT2D eigenvalue weighted by Crippen LogP contribution is -2.26. The first kappa shape index (κ1) is 17.3. The zero-order valence-electron chi connectivity index (χ0n) is 12.9. The molecular formula is C17H25Br2NO. The van der Waals surface area contributed by atoms with E-state index in [0.717, 1.165) is 39.6 Å². The molecule has 2 atom stereocenters. The summed E-state index contributed by atoms with van der Waals surface area (Å²) in [7, 11) is 0. The summed E-state index contributed by atoms with van der Waals surface area (Å²) in [4.78, 5) is 0. The minimum absolute atomic E-state index is 0.688. The minimum Gasteiger partial charge on any atom is -0.492 e. The summed E-state index contributed by atoms with van der Waals surface area (Å²) in [5, 5.41) is 3.62. The summed E-state index contributed by atoms with van der Waals surface area (Å²) >= 11 is 7.15. The number of hydrogen-bond acceptors (Lipinski definition) is 2. The van der Waals surface area contributed by atoms with E-state index in [-0.39, 0.29) is 0 Å². The van der Waals surface area contributed by atoms with Crippen LogP contribution in [0.1, 0.15) is 45.1 Å². The van der Waals surface area contributed by atoms with Crippen LogP contribution in [0.15, 0.2) is 21.1 Å². The summed E-state index contributed by atoms with van der Waals surface area (Å²) in [6.07, 6.45) is 5.54. The molecular weight excluding hydrogens is 394 g/mol. The highest BCUT2D eigenvalue weighted by Gasteiger charge is 2.18. The molecule has 0 saturated heterocycles. The van der Waals surface area contributed by atoms with Crippen molar-refractivity contribution >= 4 is 31.9 Å². The maximum Gasteiger partial charge on any atom is 0.138 e. The normalized spacial score (nSPS) is 22.3. The third-order valence-electron chi connectivity index (χ3n) is 4.17. The maximum atomic E-state index is 5.77. The molecule has 2 unspecified atom stereocenters. The molecule has 1 aliphatic carbocycles. The van der Waals surface area contributed by atoms with Gasteiger partial charge in [-0.25, -0.2) is 0 Å². The number of hydrogen-bond donors (Lipinski definition) is 1. The second kappa shape index (κ2) is 8.54. The van der Waals surface area contributed by atoms with Gasteiger partial charge in [-0.2, -0.15) is 0 Å². The second-order valence-corrected chi connectivity index (χ2v) is 7.85. The molecule has 1 saturated carbocycles. The second-order valence-electron chi connectivity index (χ2n) is 6.08. The first-order chi connectivity index (χ1) is 10.1. The monoisotopic (exact) mass is 417 g/mol. The number of rotatable bonds is 6. The Balaban J connectivity index is 1.92. The van der Waals surface area contributed by atoms with Gasteiger partial charge in [-0.15, -0.1) is 0 Å². The van der Waals surface area contributed by atoms with Crippen molar-refractivity contribution in [2.24, 2.45) is 11.8 Å². The molecule has 0 heterocycles. The van der Waals surface area contributed by atoms with Gasteiger partial charge in [-0.05, 0) is 66.2 Å². The van der Waals surface area contributed by atoms with E-state index in [0.29, 0.717) is 6.61 Å². The summed E-state index contributed by atoms with van der Waals surface area (Å²) in [5.74, 6) is 2.69. The molecule has 2 rings (SSSR count). The van der Waals surface area contributed by atoms with Gasteiger partial charge < -0.3 is 10.1 Å². The predicted octanol–water partition coefficient (Wildman–Crippen LogP) is 5.53. The standard InChI is InChI=1S/C17H25Br2NO/c1-3-21-17-14(8-15(18)9-16(17)19)11-20-10-13-6-4-5-12(2)7-13/h8-9,12-13,20H,3-7,10-11H2,1-2H3. The lowest BCUT2D eigenvalue weighted by Gasteiger charge is -2.27. The van der Waals surface area contributed by atoms with Crippen LogP contribution < -0.4 is 10.1 Å². The van der Waals surface area contributed by atoms with Crippen LogP contribution in [0.4, 0.5) is 0 Å². The molecule has 0 spiro atoms. The molecule has 0 bridgehead atoms. The highest BCUT2D eigenvalue weighted by atomic mass is 79.9. The third kappa shape index (κ3) is 5.26. The zero-order chi connectivity index (χ0) is 15.2. The average molecular weight is 419 g/mol. The maximum absolute atomic E-state index is 5.77. The molecule has 0 aliphatic heterocycles. The summed E-state index contributed by atoms with van der Waals surface area (Å²) in [6.45, 7) is 7.06. The Morgan fingerprint density at radius 1 is 1.29 bits per heavy atom. The first-order valence-electron chi connectivity index (χ1n) is 7.91. The molecule has 118 valence electrons. The highest BCUT2D eigenvalue weighted by Crippen LogP contribution is 2.33. The van der Waals surface area contributed by atoms with Crippen LogP contribution >= 0.6 is 31.9 Å². The molecule has 0 radical (unpaired) electrons. The lowest BCUT2D eigenvalue weighted by atomic mass is 9.82. The predicted molar refractivity (Wildman–Crippen MR) is 95.8 cm³/mol. The molecule has 1 fully saturated rings. The Morgan fingerprint density at radius 2 is 2.10 bits per heavy atom. The van der Waals surface area contributed by atoms with E-state index in [1.54, 1.807) is 0 Å². The Bertz CT molecular complexity index is 464. The van der Waals surface area contributed by atoms with Gasteiger partial charge in [-0.1, -0.05) is 35.7 Å². The molecule has 1 aromatic rings. The van der Waals surface area contributed by atoms with E-state index >= 15 is 0 Å². The topological polar surface area (TPSA) is 21.3 Å². The summed E-state index contributed by atoms with van der Waals surface area (Å²) < 4.78 is 7.87. The summed E-state index contributed by atoms with van der Waals surface area (Å²) in [6, 6.07) is 4.18. The van der Waals surface area contributed by atoms with Gasteiger partial charge in [0.25, 0.3) is 0 Å². The number of ether oxygens (including phenoxy) is 1. The van der Waals surface area contributed by atoms with Crippen LogP contribution in [0.5, 0.6) is 5.75 Å². The number of nitrogens with one attached hydrogen (secondary N) is 1. The van der Waals surface area contributed by atoms with Gasteiger partial charge in [0.15, 0.2) is 0 Å². The Labute approximate surface area is 145 Å².